The fourth-order valence-corrected chi connectivity index (χ4v) is 2.16. The highest BCUT2D eigenvalue weighted by atomic mass is 19.4. The second kappa shape index (κ2) is 6.93. The van der Waals surface area contributed by atoms with E-state index >= 15 is 0 Å². The Kier molecular flexibility index (Phi) is 5.20. The quantitative estimate of drug-likeness (QED) is 0.890. The van der Waals surface area contributed by atoms with E-state index in [9.17, 15) is 13.2 Å². The Labute approximate surface area is 126 Å². The summed E-state index contributed by atoms with van der Waals surface area (Å²) in [6.07, 6.45) is -0.814. The molecule has 0 saturated carbocycles. The van der Waals surface area contributed by atoms with Crippen LogP contribution in [0.4, 0.5) is 13.2 Å². The van der Waals surface area contributed by atoms with Gasteiger partial charge in [0.2, 0.25) is 0 Å². The summed E-state index contributed by atoms with van der Waals surface area (Å²) in [6.45, 7) is 1.37. The minimum Gasteiger partial charge on any atom is -0.395 e. The van der Waals surface area contributed by atoms with E-state index in [4.69, 9.17) is 5.11 Å². The van der Waals surface area contributed by atoms with Crippen molar-refractivity contribution in [3.63, 3.8) is 0 Å². The van der Waals surface area contributed by atoms with E-state index in [2.05, 4.69) is 4.98 Å². The molecule has 7 heteroatoms. The first-order valence-electron chi connectivity index (χ1n) is 6.85. The van der Waals surface area contributed by atoms with Crippen LogP contribution in [-0.4, -0.2) is 32.7 Å². The van der Waals surface area contributed by atoms with E-state index < -0.39 is 11.7 Å². The molecule has 1 aromatic carbocycles. The van der Waals surface area contributed by atoms with Gasteiger partial charge in [0.25, 0.3) is 0 Å². The van der Waals surface area contributed by atoms with Gasteiger partial charge in [-0.2, -0.15) is 13.2 Å². The maximum Gasteiger partial charge on any atom is 0.416 e. The first-order chi connectivity index (χ1) is 10.4. The van der Waals surface area contributed by atoms with Gasteiger partial charge in [-0.05, 0) is 17.7 Å². The number of nitrogens with zero attached hydrogens (tertiary/aromatic N) is 3. The summed E-state index contributed by atoms with van der Waals surface area (Å²) >= 11 is 0. The standard InChI is InChI=1S/C15H18F3N3O/c1-20-7-6-19-14(20)11-21(8-9-22)10-12-2-4-13(5-3-12)15(16,17)18/h2-7,22H,8-11H2,1H3. The van der Waals surface area contributed by atoms with Gasteiger partial charge in [0, 0.05) is 32.5 Å². The molecule has 4 nitrogen and oxygen atoms in total. The Morgan fingerprint density at radius 3 is 2.36 bits per heavy atom. The number of aliphatic hydroxyl groups excluding tert-OH is 1. The van der Waals surface area contributed by atoms with Crippen molar-refractivity contribution in [2.24, 2.45) is 7.05 Å². The van der Waals surface area contributed by atoms with Crippen molar-refractivity contribution in [3.05, 3.63) is 53.6 Å². The highest BCUT2D eigenvalue weighted by molar-refractivity contribution is 5.24. The van der Waals surface area contributed by atoms with Gasteiger partial charge < -0.3 is 9.67 Å². The molecule has 22 heavy (non-hydrogen) atoms. The number of aryl methyl sites for hydroxylation is 1. The van der Waals surface area contributed by atoms with Crippen LogP contribution in [0.3, 0.4) is 0 Å². The first kappa shape index (κ1) is 16.5. The Morgan fingerprint density at radius 1 is 1.18 bits per heavy atom. The summed E-state index contributed by atoms with van der Waals surface area (Å²) in [6, 6.07) is 5.08. The van der Waals surface area contributed by atoms with Gasteiger partial charge in [-0.1, -0.05) is 12.1 Å². The zero-order chi connectivity index (χ0) is 16.2. The molecule has 0 fully saturated rings. The van der Waals surface area contributed by atoms with Crippen LogP contribution >= 0.6 is 0 Å². The van der Waals surface area contributed by atoms with Crippen molar-refractivity contribution < 1.29 is 18.3 Å². The van der Waals surface area contributed by atoms with Crippen LogP contribution in [0.15, 0.2) is 36.7 Å². The Hall–Kier alpha value is -1.86. The minimum absolute atomic E-state index is 0.0228. The number of aromatic nitrogens is 2. The number of benzene rings is 1. The molecule has 0 unspecified atom stereocenters. The second-order valence-electron chi connectivity index (χ2n) is 5.08. The molecular weight excluding hydrogens is 295 g/mol. The van der Waals surface area contributed by atoms with Gasteiger partial charge in [-0.3, -0.25) is 4.90 Å². The van der Waals surface area contributed by atoms with Crippen LogP contribution in [-0.2, 0) is 26.3 Å². The summed E-state index contributed by atoms with van der Waals surface area (Å²) in [7, 11) is 1.87. The minimum atomic E-state index is -4.32. The lowest BCUT2D eigenvalue weighted by atomic mass is 10.1. The molecule has 1 aromatic heterocycles. The monoisotopic (exact) mass is 313 g/mol. The van der Waals surface area contributed by atoms with E-state index in [0.717, 1.165) is 23.5 Å². The summed E-state index contributed by atoms with van der Waals surface area (Å²) in [4.78, 5) is 6.15. The molecule has 2 aromatic rings. The van der Waals surface area contributed by atoms with Crippen LogP contribution in [0.5, 0.6) is 0 Å². The number of aliphatic hydroxyl groups is 1. The SMILES string of the molecule is Cn1ccnc1CN(CCO)Cc1ccc(C(F)(F)F)cc1. The zero-order valence-electron chi connectivity index (χ0n) is 12.2. The largest absolute Gasteiger partial charge is 0.416 e. The van der Waals surface area contributed by atoms with E-state index in [1.807, 2.05) is 22.7 Å². The van der Waals surface area contributed by atoms with Crippen molar-refractivity contribution in [2.45, 2.75) is 19.3 Å². The summed E-state index contributed by atoms with van der Waals surface area (Å²) in [5, 5.41) is 9.15. The molecule has 0 aliphatic carbocycles. The number of hydrogen-bond acceptors (Lipinski definition) is 3. The Balaban J connectivity index is 2.06. The molecule has 0 aliphatic heterocycles. The third-order valence-corrected chi connectivity index (χ3v) is 3.39. The summed E-state index contributed by atoms with van der Waals surface area (Å²) in [5.74, 6) is 0.834. The predicted octanol–water partition coefficient (Wildman–Crippen LogP) is 2.43. The predicted molar refractivity (Wildman–Crippen MR) is 75.9 cm³/mol. The number of halogens is 3. The lowest BCUT2D eigenvalue weighted by Crippen LogP contribution is -2.27. The molecule has 0 atom stereocenters. The van der Waals surface area contributed by atoms with Gasteiger partial charge in [-0.25, -0.2) is 4.98 Å². The van der Waals surface area contributed by atoms with Crippen LogP contribution in [0, 0.1) is 0 Å². The highest BCUT2D eigenvalue weighted by Crippen LogP contribution is 2.29. The molecule has 120 valence electrons. The molecule has 0 radical (unpaired) electrons. The van der Waals surface area contributed by atoms with Crippen molar-refractivity contribution in [1.82, 2.24) is 14.5 Å². The van der Waals surface area contributed by atoms with Gasteiger partial charge in [0.1, 0.15) is 5.82 Å². The molecular formula is C15H18F3N3O. The van der Waals surface area contributed by atoms with Gasteiger partial charge in [-0.15, -0.1) is 0 Å². The van der Waals surface area contributed by atoms with Crippen LogP contribution in [0.1, 0.15) is 17.0 Å². The van der Waals surface area contributed by atoms with Crippen molar-refractivity contribution in [2.75, 3.05) is 13.2 Å². The maximum atomic E-state index is 12.5. The first-order valence-corrected chi connectivity index (χ1v) is 6.85. The van der Waals surface area contributed by atoms with Gasteiger partial charge in [0.05, 0.1) is 18.7 Å². The Bertz CT molecular complexity index is 593. The average Bonchev–Trinajstić information content (AvgIpc) is 2.84. The maximum absolute atomic E-state index is 12.5. The van der Waals surface area contributed by atoms with Crippen molar-refractivity contribution in [1.29, 1.82) is 0 Å². The molecule has 0 amide bonds. The lowest BCUT2D eigenvalue weighted by molar-refractivity contribution is -0.137. The van der Waals surface area contributed by atoms with Gasteiger partial charge >= 0.3 is 6.18 Å². The summed E-state index contributed by atoms with van der Waals surface area (Å²) in [5.41, 5.74) is 0.102. The third kappa shape index (κ3) is 4.32. The molecule has 0 aliphatic rings. The zero-order valence-corrected chi connectivity index (χ0v) is 12.2. The average molecular weight is 313 g/mol. The highest BCUT2D eigenvalue weighted by Gasteiger charge is 2.29. The van der Waals surface area contributed by atoms with Crippen molar-refractivity contribution in [3.8, 4) is 0 Å². The van der Waals surface area contributed by atoms with Gasteiger partial charge in [0.15, 0.2) is 0 Å². The molecule has 2 rings (SSSR count). The van der Waals surface area contributed by atoms with E-state index in [0.29, 0.717) is 19.6 Å². The lowest BCUT2D eigenvalue weighted by Gasteiger charge is -2.21. The molecule has 1 N–H and O–H groups in total. The topological polar surface area (TPSA) is 41.3 Å². The number of imidazole rings is 1. The van der Waals surface area contributed by atoms with Crippen LogP contribution in [0.25, 0.3) is 0 Å². The van der Waals surface area contributed by atoms with Crippen LogP contribution in [0.2, 0.25) is 0 Å². The van der Waals surface area contributed by atoms with E-state index in [1.54, 1.807) is 6.20 Å². The normalized spacial score (nSPS) is 12.1. The molecule has 0 spiro atoms. The fourth-order valence-electron chi connectivity index (χ4n) is 2.16. The van der Waals surface area contributed by atoms with E-state index in [-0.39, 0.29) is 6.61 Å². The third-order valence-electron chi connectivity index (χ3n) is 3.39. The fraction of sp³-hybridized carbons (Fsp3) is 0.400. The molecule has 1 heterocycles. The molecule has 0 bridgehead atoms. The smallest absolute Gasteiger partial charge is 0.395 e. The summed E-state index contributed by atoms with van der Waals surface area (Å²) < 4.78 is 39.5. The number of rotatable bonds is 6. The molecule has 0 saturated heterocycles. The Morgan fingerprint density at radius 2 is 1.86 bits per heavy atom. The van der Waals surface area contributed by atoms with E-state index in [1.165, 1.54) is 12.1 Å². The number of alkyl halides is 3. The number of hydrogen-bond donors (Lipinski definition) is 1. The van der Waals surface area contributed by atoms with Crippen LogP contribution < -0.4 is 0 Å². The van der Waals surface area contributed by atoms with Crippen molar-refractivity contribution >= 4 is 0 Å². The second-order valence-corrected chi connectivity index (χ2v) is 5.08.